The molecule has 0 saturated carbocycles. The van der Waals surface area contributed by atoms with Crippen LogP contribution in [-0.4, -0.2) is 29.9 Å². The first-order valence-electron chi connectivity index (χ1n) is 9.47. The fraction of sp³-hybridized carbons (Fsp3) is 0.217. The maximum atomic E-state index is 12.2. The van der Waals surface area contributed by atoms with Crippen molar-refractivity contribution in [2.45, 2.75) is 20.0 Å². The van der Waals surface area contributed by atoms with Gasteiger partial charge in [0.2, 0.25) is 5.89 Å². The SMILES string of the molecule is COc1cc(/C=C/C(=O)O[C@H](C)c2nnc(-c3ccc(C)cc3)o2)ccc1OCC#N. The number of esters is 1. The Morgan fingerprint density at radius 1 is 1.19 bits per heavy atom. The molecule has 1 atom stereocenters. The van der Waals surface area contributed by atoms with Crippen molar-refractivity contribution in [2.75, 3.05) is 13.7 Å². The van der Waals surface area contributed by atoms with Crippen LogP contribution < -0.4 is 9.47 Å². The van der Waals surface area contributed by atoms with E-state index in [0.717, 1.165) is 11.1 Å². The lowest BCUT2D eigenvalue weighted by atomic mass is 10.1. The number of benzene rings is 2. The Morgan fingerprint density at radius 2 is 1.97 bits per heavy atom. The van der Waals surface area contributed by atoms with Crippen LogP contribution in [0.3, 0.4) is 0 Å². The predicted octanol–water partition coefficient (Wildman–Crippen LogP) is 4.27. The summed E-state index contributed by atoms with van der Waals surface area (Å²) in [6.07, 6.45) is 2.16. The van der Waals surface area contributed by atoms with Crippen molar-refractivity contribution in [3.63, 3.8) is 0 Å². The van der Waals surface area contributed by atoms with Crippen molar-refractivity contribution in [1.29, 1.82) is 5.26 Å². The van der Waals surface area contributed by atoms with Crippen LogP contribution in [0, 0.1) is 18.3 Å². The van der Waals surface area contributed by atoms with Crippen LogP contribution >= 0.6 is 0 Å². The second-order valence-electron chi connectivity index (χ2n) is 6.58. The molecule has 0 unspecified atom stereocenters. The van der Waals surface area contributed by atoms with Crippen molar-refractivity contribution >= 4 is 12.0 Å². The summed E-state index contributed by atoms with van der Waals surface area (Å²) >= 11 is 0. The van der Waals surface area contributed by atoms with Gasteiger partial charge in [0.25, 0.3) is 5.89 Å². The van der Waals surface area contributed by atoms with Gasteiger partial charge in [0.15, 0.2) is 24.2 Å². The molecule has 3 rings (SSSR count). The Labute approximate surface area is 179 Å². The quantitative estimate of drug-likeness (QED) is 0.393. The minimum atomic E-state index is -0.708. The van der Waals surface area contributed by atoms with Crippen LogP contribution in [-0.2, 0) is 9.53 Å². The minimum Gasteiger partial charge on any atom is -0.493 e. The van der Waals surface area contributed by atoms with E-state index in [0.29, 0.717) is 23.0 Å². The first-order valence-corrected chi connectivity index (χ1v) is 9.47. The van der Waals surface area contributed by atoms with Gasteiger partial charge < -0.3 is 18.6 Å². The van der Waals surface area contributed by atoms with Crippen molar-refractivity contribution in [2.24, 2.45) is 0 Å². The summed E-state index contributed by atoms with van der Waals surface area (Å²) in [5, 5.41) is 16.6. The zero-order valence-electron chi connectivity index (χ0n) is 17.4. The standard InChI is InChI=1S/C23H21N3O5/c1-15-4-8-18(9-5-15)23-26-25-22(31-23)16(2)30-21(27)11-7-17-6-10-19(29-13-12-24)20(14-17)28-3/h4-11,14,16H,13H2,1-3H3/b11-7+/t16-/m1/s1. The molecule has 0 saturated heterocycles. The highest BCUT2D eigenvalue weighted by Gasteiger charge is 2.18. The van der Waals surface area contributed by atoms with Gasteiger partial charge in [0.1, 0.15) is 6.07 Å². The van der Waals surface area contributed by atoms with Gasteiger partial charge in [0, 0.05) is 11.6 Å². The van der Waals surface area contributed by atoms with Crippen molar-refractivity contribution in [1.82, 2.24) is 10.2 Å². The molecule has 31 heavy (non-hydrogen) atoms. The number of hydrogen-bond donors (Lipinski definition) is 0. The van der Waals surface area contributed by atoms with E-state index in [9.17, 15) is 4.79 Å². The Bertz CT molecular complexity index is 1110. The third kappa shape index (κ3) is 5.70. The smallest absolute Gasteiger partial charge is 0.331 e. The van der Waals surface area contributed by atoms with Gasteiger partial charge in [0.05, 0.1) is 7.11 Å². The number of aryl methyl sites for hydroxylation is 1. The predicted molar refractivity (Wildman–Crippen MR) is 112 cm³/mol. The molecule has 0 N–H and O–H groups in total. The Hall–Kier alpha value is -4.12. The van der Waals surface area contributed by atoms with E-state index >= 15 is 0 Å². The van der Waals surface area contributed by atoms with Crippen LogP contribution in [0.5, 0.6) is 11.5 Å². The van der Waals surface area contributed by atoms with Gasteiger partial charge in [-0.3, -0.25) is 0 Å². The maximum Gasteiger partial charge on any atom is 0.331 e. The molecule has 0 aliphatic rings. The number of rotatable bonds is 8. The Kier molecular flexibility index (Phi) is 7.01. The molecule has 2 aromatic carbocycles. The van der Waals surface area contributed by atoms with Crippen LogP contribution in [0.1, 0.15) is 30.0 Å². The van der Waals surface area contributed by atoms with Gasteiger partial charge in [-0.05, 0) is 49.8 Å². The monoisotopic (exact) mass is 419 g/mol. The lowest BCUT2D eigenvalue weighted by molar-refractivity contribution is -0.143. The first kappa shape index (κ1) is 21.6. The summed E-state index contributed by atoms with van der Waals surface area (Å²) in [5.41, 5.74) is 2.61. The lowest BCUT2D eigenvalue weighted by Crippen LogP contribution is -2.06. The molecule has 8 nitrogen and oxygen atoms in total. The van der Waals surface area contributed by atoms with E-state index in [-0.39, 0.29) is 12.5 Å². The number of nitrogens with zero attached hydrogens (tertiary/aromatic N) is 3. The number of hydrogen-bond acceptors (Lipinski definition) is 8. The van der Waals surface area contributed by atoms with Crippen LogP contribution in [0.2, 0.25) is 0 Å². The molecule has 1 heterocycles. The van der Waals surface area contributed by atoms with Crippen LogP contribution in [0.15, 0.2) is 53.0 Å². The van der Waals surface area contributed by atoms with Gasteiger partial charge in [-0.25, -0.2) is 4.79 Å². The van der Waals surface area contributed by atoms with E-state index in [4.69, 9.17) is 23.9 Å². The topological polar surface area (TPSA) is 107 Å². The van der Waals surface area contributed by atoms with E-state index in [1.807, 2.05) is 37.3 Å². The largest absolute Gasteiger partial charge is 0.493 e. The fourth-order valence-electron chi connectivity index (χ4n) is 2.66. The third-order valence-corrected chi connectivity index (χ3v) is 4.27. The summed E-state index contributed by atoms with van der Waals surface area (Å²) in [4.78, 5) is 12.2. The number of nitriles is 1. The highest BCUT2D eigenvalue weighted by molar-refractivity contribution is 5.87. The summed E-state index contributed by atoms with van der Waals surface area (Å²) in [5.74, 6) is 0.899. The molecule has 0 bridgehead atoms. The molecule has 0 aliphatic carbocycles. The molecule has 0 fully saturated rings. The molecule has 158 valence electrons. The van der Waals surface area contributed by atoms with E-state index in [1.54, 1.807) is 31.2 Å². The Balaban J connectivity index is 1.62. The molecule has 8 heteroatoms. The fourth-order valence-corrected chi connectivity index (χ4v) is 2.66. The molecule has 0 amide bonds. The van der Waals surface area contributed by atoms with E-state index in [1.165, 1.54) is 13.2 Å². The average molecular weight is 419 g/mol. The summed E-state index contributed by atoms with van der Waals surface area (Å²) < 4.78 is 21.5. The van der Waals surface area contributed by atoms with Crippen LogP contribution in [0.4, 0.5) is 0 Å². The van der Waals surface area contributed by atoms with Crippen molar-refractivity contribution < 1.29 is 23.4 Å². The number of aromatic nitrogens is 2. The highest BCUT2D eigenvalue weighted by Crippen LogP contribution is 2.28. The van der Waals surface area contributed by atoms with Gasteiger partial charge in [-0.2, -0.15) is 5.26 Å². The van der Waals surface area contributed by atoms with E-state index in [2.05, 4.69) is 10.2 Å². The second-order valence-corrected chi connectivity index (χ2v) is 6.58. The minimum absolute atomic E-state index is 0.0863. The number of carbonyl (C=O) groups excluding carboxylic acids is 1. The van der Waals surface area contributed by atoms with Crippen molar-refractivity contribution in [3.05, 3.63) is 65.6 Å². The summed E-state index contributed by atoms with van der Waals surface area (Å²) in [6, 6.07) is 14.6. The zero-order chi connectivity index (χ0) is 22.2. The van der Waals surface area contributed by atoms with E-state index < -0.39 is 12.1 Å². The third-order valence-electron chi connectivity index (χ3n) is 4.27. The van der Waals surface area contributed by atoms with Crippen molar-refractivity contribution in [3.8, 4) is 29.0 Å². The molecule has 0 spiro atoms. The molecular formula is C23H21N3O5. The molecule has 0 radical (unpaired) electrons. The number of carbonyl (C=O) groups is 1. The summed E-state index contributed by atoms with van der Waals surface area (Å²) in [6.45, 7) is 3.56. The normalized spacial score (nSPS) is 11.7. The van der Waals surface area contributed by atoms with Gasteiger partial charge in [-0.1, -0.05) is 23.8 Å². The maximum absolute atomic E-state index is 12.2. The average Bonchev–Trinajstić information content (AvgIpc) is 3.27. The molecular weight excluding hydrogens is 398 g/mol. The molecule has 0 aliphatic heterocycles. The zero-order valence-corrected chi connectivity index (χ0v) is 17.4. The number of methoxy groups -OCH3 is 1. The highest BCUT2D eigenvalue weighted by atomic mass is 16.6. The lowest BCUT2D eigenvalue weighted by Gasteiger charge is -2.09. The van der Waals surface area contributed by atoms with Gasteiger partial charge in [-0.15, -0.1) is 10.2 Å². The second kappa shape index (κ2) is 10.1. The van der Waals surface area contributed by atoms with Gasteiger partial charge >= 0.3 is 5.97 Å². The first-order chi connectivity index (χ1) is 15.0. The molecule has 1 aromatic heterocycles. The summed E-state index contributed by atoms with van der Waals surface area (Å²) in [7, 11) is 1.49. The van der Waals surface area contributed by atoms with Crippen LogP contribution in [0.25, 0.3) is 17.5 Å². The number of ether oxygens (including phenoxy) is 3. The molecule has 3 aromatic rings. The Morgan fingerprint density at radius 3 is 2.68 bits per heavy atom.